The molecular weight excluding hydrogens is 326 g/mol. The molecule has 0 aliphatic carbocycles. The molecule has 146 valence electrons. The molecule has 1 aliphatic rings. The van der Waals surface area contributed by atoms with Crippen molar-refractivity contribution in [1.29, 1.82) is 0 Å². The van der Waals surface area contributed by atoms with Gasteiger partial charge in [-0.2, -0.15) is 0 Å². The average molecular weight is 362 g/mol. The molecule has 1 saturated heterocycles. The second-order valence-electron chi connectivity index (χ2n) is 7.10. The Bertz CT molecular complexity index is 528. The first-order valence-electron chi connectivity index (χ1n) is 9.64. The van der Waals surface area contributed by atoms with Crippen LogP contribution in [0.3, 0.4) is 0 Å². The Labute approximate surface area is 158 Å². The van der Waals surface area contributed by atoms with E-state index >= 15 is 0 Å². The van der Waals surface area contributed by atoms with Gasteiger partial charge in [0.05, 0.1) is 13.2 Å². The first-order valence-corrected chi connectivity index (χ1v) is 9.64. The van der Waals surface area contributed by atoms with Gasteiger partial charge in [-0.05, 0) is 18.1 Å². The third-order valence-electron chi connectivity index (χ3n) is 4.92. The van der Waals surface area contributed by atoms with Gasteiger partial charge in [0.25, 0.3) is 0 Å². The van der Waals surface area contributed by atoms with Gasteiger partial charge >= 0.3 is 0 Å². The number of ether oxygens (including phenoxy) is 1. The molecule has 0 aromatic heterocycles. The normalized spacial score (nSPS) is 17.2. The number of nitrogens with one attached hydrogen (secondary N) is 2. The van der Waals surface area contributed by atoms with Gasteiger partial charge in [-0.3, -0.25) is 9.89 Å². The van der Waals surface area contributed by atoms with E-state index in [0.717, 1.165) is 51.9 Å². The van der Waals surface area contributed by atoms with E-state index in [1.54, 1.807) is 0 Å². The maximum Gasteiger partial charge on any atom is 0.191 e. The smallest absolute Gasteiger partial charge is 0.191 e. The van der Waals surface area contributed by atoms with Crippen molar-refractivity contribution < 1.29 is 4.74 Å². The topological polar surface area (TPSA) is 52.1 Å². The van der Waals surface area contributed by atoms with E-state index in [1.165, 1.54) is 5.69 Å². The number of morpholine rings is 1. The third kappa shape index (κ3) is 6.50. The summed E-state index contributed by atoms with van der Waals surface area (Å²) in [6.07, 6.45) is 0. The maximum absolute atomic E-state index is 5.49. The van der Waals surface area contributed by atoms with Gasteiger partial charge in [0.1, 0.15) is 0 Å². The molecule has 1 unspecified atom stereocenters. The highest BCUT2D eigenvalue weighted by Gasteiger charge is 2.23. The first-order chi connectivity index (χ1) is 12.6. The van der Waals surface area contributed by atoms with E-state index in [2.05, 4.69) is 70.6 Å². The Morgan fingerprint density at radius 1 is 1.19 bits per heavy atom. The van der Waals surface area contributed by atoms with Crippen LogP contribution in [0.4, 0.5) is 5.69 Å². The minimum absolute atomic E-state index is 0.490. The van der Waals surface area contributed by atoms with Crippen molar-refractivity contribution in [2.45, 2.75) is 19.9 Å². The SMILES string of the molecule is CN=C(NCCN(C)c1ccccc1)NCC(C(C)C)N1CCOCC1. The molecule has 1 heterocycles. The molecule has 0 spiro atoms. The Kier molecular flexibility index (Phi) is 8.71. The van der Waals surface area contributed by atoms with Gasteiger partial charge in [-0.15, -0.1) is 0 Å². The Balaban J connectivity index is 1.75. The molecule has 2 rings (SSSR count). The molecule has 6 heteroatoms. The first kappa shape index (κ1) is 20.5. The number of rotatable bonds is 8. The number of guanidine groups is 1. The molecule has 2 N–H and O–H groups in total. The van der Waals surface area contributed by atoms with E-state index in [-0.39, 0.29) is 0 Å². The van der Waals surface area contributed by atoms with Crippen LogP contribution in [0.15, 0.2) is 35.3 Å². The molecule has 1 atom stereocenters. The fourth-order valence-corrected chi connectivity index (χ4v) is 3.27. The summed E-state index contributed by atoms with van der Waals surface area (Å²) >= 11 is 0. The molecule has 0 radical (unpaired) electrons. The van der Waals surface area contributed by atoms with Gasteiger partial charge in [0.2, 0.25) is 0 Å². The molecule has 0 amide bonds. The lowest BCUT2D eigenvalue weighted by molar-refractivity contribution is 0.00752. The Morgan fingerprint density at radius 2 is 1.88 bits per heavy atom. The summed E-state index contributed by atoms with van der Waals surface area (Å²) in [5, 5.41) is 6.92. The zero-order chi connectivity index (χ0) is 18.8. The highest BCUT2D eigenvalue weighted by atomic mass is 16.5. The molecular formula is C20H35N5O. The van der Waals surface area contributed by atoms with Gasteiger partial charge < -0.3 is 20.3 Å². The number of hydrogen-bond acceptors (Lipinski definition) is 4. The number of aliphatic imine (C=N–C) groups is 1. The second-order valence-corrected chi connectivity index (χ2v) is 7.10. The highest BCUT2D eigenvalue weighted by molar-refractivity contribution is 5.79. The third-order valence-corrected chi connectivity index (χ3v) is 4.92. The number of likely N-dealkylation sites (N-methyl/N-ethyl adjacent to an activating group) is 1. The number of hydrogen-bond donors (Lipinski definition) is 2. The van der Waals surface area contributed by atoms with E-state index in [9.17, 15) is 0 Å². The number of anilines is 1. The van der Waals surface area contributed by atoms with Crippen molar-refractivity contribution in [2.24, 2.45) is 10.9 Å². The summed E-state index contributed by atoms with van der Waals surface area (Å²) in [6.45, 7) is 10.9. The van der Waals surface area contributed by atoms with E-state index in [1.807, 2.05) is 13.1 Å². The molecule has 0 bridgehead atoms. The summed E-state index contributed by atoms with van der Waals surface area (Å²) in [6, 6.07) is 10.9. The molecule has 1 fully saturated rings. The monoisotopic (exact) mass is 361 g/mol. The zero-order valence-corrected chi connectivity index (χ0v) is 16.7. The van der Waals surface area contributed by atoms with Crippen LogP contribution in [0.25, 0.3) is 0 Å². The van der Waals surface area contributed by atoms with Crippen molar-refractivity contribution in [1.82, 2.24) is 15.5 Å². The van der Waals surface area contributed by atoms with Gasteiger partial charge in [0.15, 0.2) is 5.96 Å². The van der Waals surface area contributed by atoms with E-state index in [4.69, 9.17) is 4.74 Å². The van der Waals surface area contributed by atoms with Gasteiger partial charge in [-0.25, -0.2) is 0 Å². The molecule has 6 nitrogen and oxygen atoms in total. The van der Waals surface area contributed by atoms with Crippen LogP contribution in [0, 0.1) is 5.92 Å². The predicted octanol–water partition coefficient (Wildman–Crippen LogP) is 1.64. The van der Waals surface area contributed by atoms with E-state index < -0.39 is 0 Å². The van der Waals surface area contributed by atoms with Crippen LogP contribution >= 0.6 is 0 Å². The quantitative estimate of drug-likeness (QED) is 0.545. The highest BCUT2D eigenvalue weighted by Crippen LogP contribution is 2.12. The van der Waals surface area contributed by atoms with Crippen molar-refractivity contribution in [3.63, 3.8) is 0 Å². The van der Waals surface area contributed by atoms with Gasteiger partial charge in [-0.1, -0.05) is 32.0 Å². The Hall–Kier alpha value is -1.79. The van der Waals surface area contributed by atoms with Crippen LogP contribution in [0.2, 0.25) is 0 Å². The fourth-order valence-electron chi connectivity index (χ4n) is 3.27. The lowest BCUT2D eigenvalue weighted by Gasteiger charge is -2.37. The van der Waals surface area contributed by atoms with Gasteiger partial charge in [0, 0.05) is 58.5 Å². The van der Waals surface area contributed by atoms with E-state index in [0.29, 0.717) is 12.0 Å². The number of benzene rings is 1. The minimum Gasteiger partial charge on any atom is -0.379 e. The summed E-state index contributed by atoms with van der Waals surface area (Å²) in [5.74, 6) is 1.45. The standard InChI is InChI=1S/C20H35N5O/c1-17(2)19(25-12-14-26-15-13-25)16-23-20(21-3)22-10-11-24(4)18-8-6-5-7-9-18/h5-9,17,19H,10-16H2,1-4H3,(H2,21,22,23). The Morgan fingerprint density at radius 3 is 2.50 bits per heavy atom. The summed E-state index contributed by atoms with van der Waals surface area (Å²) in [4.78, 5) is 9.13. The number of para-hydroxylation sites is 1. The van der Waals surface area contributed by atoms with Crippen LogP contribution in [-0.2, 0) is 4.74 Å². The fraction of sp³-hybridized carbons (Fsp3) is 0.650. The summed E-state index contributed by atoms with van der Waals surface area (Å²) < 4.78 is 5.49. The summed E-state index contributed by atoms with van der Waals surface area (Å²) in [7, 11) is 3.94. The predicted molar refractivity (Wildman–Crippen MR) is 110 cm³/mol. The zero-order valence-electron chi connectivity index (χ0n) is 16.7. The molecule has 1 aromatic carbocycles. The van der Waals surface area contributed by atoms with Crippen molar-refractivity contribution >= 4 is 11.6 Å². The lowest BCUT2D eigenvalue weighted by atomic mass is 10.0. The van der Waals surface area contributed by atoms with Crippen molar-refractivity contribution in [2.75, 3.05) is 64.9 Å². The lowest BCUT2D eigenvalue weighted by Crippen LogP contribution is -2.53. The second kappa shape index (κ2) is 11.0. The van der Waals surface area contributed by atoms with Crippen molar-refractivity contribution in [3.8, 4) is 0 Å². The van der Waals surface area contributed by atoms with Crippen LogP contribution in [0.5, 0.6) is 0 Å². The van der Waals surface area contributed by atoms with Crippen LogP contribution in [0.1, 0.15) is 13.8 Å². The summed E-state index contributed by atoms with van der Waals surface area (Å²) in [5.41, 5.74) is 1.23. The molecule has 1 aromatic rings. The minimum atomic E-state index is 0.490. The molecule has 0 saturated carbocycles. The molecule has 26 heavy (non-hydrogen) atoms. The number of nitrogens with zero attached hydrogens (tertiary/aromatic N) is 3. The molecule has 1 aliphatic heterocycles. The maximum atomic E-state index is 5.49. The van der Waals surface area contributed by atoms with Crippen LogP contribution < -0.4 is 15.5 Å². The largest absolute Gasteiger partial charge is 0.379 e. The van der Waals surface area contributed by atoms with Crippen molar-refractivity contribution in [3.05, 3.63) is 30.3 Å². The average Bonchev–Trinajstić information content (AvgIpc) is 2.68. The van der Waals surface area contributed by atoms with Crippen LogP contribution in [-0.4, -0.2) is 76.9 Å².